The Hall–Kier alpha value is -0.530. The monoisotopic (exact) mass is 324 g/mol. The first-order valence-corrected chi connectivity index (χ1v) is 9.41. The molecule has 0 aliphatic heterocycles. The molecule has 1 rings (SSSR count). The van der Waals surface area contributed by atoms with E-state index in [9.17, 15) is 4.79 Å². The van der Waals surface area contributed by atoms with Gasteiger partial charge in [0.05, 0.1) is 5.41 Å². The second kappa shape index (κ2) is 6.76. The Balaban J connectivity index is 3.00. The van der Waals surface area contributed by atoms with Crippen LogP contribution in [0, 0.1) is 34.0 Å². The highest BCUT2D eigenvalue weighted by Gasteiger charge is 2.46. The lowest BCUT2D eigenvalue weighted by Gasteiger charge is -2.49. The van der Waals surface area contributed by atoms with E-state index >= 15 is 0 Å². The summed E-state index contributed by atoms with van der Waals surface area (Å²) in [6.45, 7) is 22.3. The summed E-state index contributed by atoms with van der Waals surface area (Å²) in [4.78, 5) is 12.6. The number of esters is 1. The minimum absolute atomic E-state index is 0.0272. The van der Waals surface area contributed by atoms with Crippen molar-refractivity contribution in [1.82, 2.24) is 0 Å². The van der Waals surface area contributed by atoms with Gasteiger partial charge in [0, 0.05) is 5.92 Å². The molecule has 0 spiro atoms. The Kier molecular flexibility index (Phi) is 6.03. The molecule has 0 radical (unpaired) electrons. The van der Waals surface area contributed by atoms with Gasteiger partial charge in [-0.2, -0.15) is 0 Å². The average molecular weight is 325 g/mol. The lowest BCUT2D eigenvalue weighted by molar-refractivity contribution is -0.172. The van der Waals surface area contributed by atoms with Crippen molar-refractivity contribution in [2.24, 2.45) is 34.0 Å². The summed E-state index contributed by atoms with van der Waals surface area (Å²) < 4.78 is 6.08. The van der Waals surface area contributed by atoms with Crippen LogP contribution < -0.4 is 0 Å². The lowest BCUT2D eigenvalue weighted by Crippen LogP contribution is -2.47. The molecule has 0 saturated heterocycles. The smallest absolute Gasteiger partial charge is 0.311 e. The first kappa shape index (κ1) is 20.5. The van der Waals surface area contributed by atoms with Gasteiger partial charge in [0.15, 0.2) is 0 Å². The van der Waals surface area contributed by atoms with Gasteiger partial charge in [-0.1, -0.05) is 55.4 Å². The second-order valence-electron chi connectivity index (χ2n) is 10.6. The van der Waals surface area contributed by atoms with Gasteiger partial charge in [0.1, 0.15) is 6.10 Å². The van der Waals surface area contributed by atoms with Gasteiger partial charge in [-0.05, 0) is 55.8 Å². The Morgan fingerprint density at radius 2 is 1.39 bits per heavy atom. The molecule has 136 valence electrons. The van der Waals surface area contributed by atoms with Crippen molar-refractivity contribution in [2.45, 2.75) is 94.6 Å². The van der Waals surface area contributed by atoms with E-state index in [1.54, 1.807) is 0 Å². The first-order chi connectivity index (χ1) is 10.2. The molecule has 1 saturated carbocycles. The van der Waals surface area contributed by atoms with E-state index in [1.807, 2.05) is 13.8 Å². The fourth-order valence-corrected chi connectivity index (χ4v) is 4.04. The molecule has 0 N–H and O–H groups in total. The maximum Gasteiger partial charge on any atom is 0.311 e. The van der Waals surface area contributed by atoms with Crippen LogP contribution in [-0.4, -0.2) is 12.1 Å². The second-order valence-corrected chi connectivity index (χ2v) is 10.6. The number of carbonyl (C=O) groups excluding carboxylic acids is 1. The maximum atomic E-state index is 12.6. The standard InChI is InChI=1S/C21H40O2/c1-11-21(9,10)18(22)23-17-12-14(2)15(19(3,4)5)13-16(17)20(6,7)8/h14-17H,11-13H2,1-10H3. The quantitative estimate of drug-likeness (QED) is 0.587. The van der Waals surface area contributed by atoms with Gasteiger partial charge in [0.2, 0.25) is 0 Å². The zero-order valence-corrected chi connectivity index (χ0v) is 17.2. The minimum Gasteiger partial charge on any atom is -0.462 e. The molecule has 1 aliphatic carbocycles. The molecule has 23 heavy (non-hydrogen) atoms. The van der Waals surface area contributed by atoms with E-state index in [0.717, 1.165) is 19.3 Å². The van der Waals surface area contributed by atoms with Crippen molar-refractivity contribution in [3.8, 4) is 0 Å². The third kappa shape index (κ3) is 4.97. The third-order valence-corrected chi connectivity index (χ3v) is 6.17. The van der Waals surface area contributed by atoms with Crippen molar-refractivity contribution in [3.63, 3.8) is 0 Å². The molecule has 1 fully saturated rings. The van der Waals surface area contributed by atoms with Crippen LogP contribution in [0.15, 0.2) is 0 Å². The van der Waals surface area contributed by atoms with Gasteiger partial charge in [-0.15, -0.1) is 0 Å². The minimum atomic E-state index is -0.382. The fraction of sp³-hybridized carbons (Fsp3) is 0.952. The summed E-state index contributed by atoms with van der Waals surface area (Å²) in [6, 6.07) is 0. The summed E-state index contributed by atoms with van der Waals surface area (Å²) in [6.07, 6.45) is 3.02. The molecular weight excluding hydrogens is 284 g/mol. The van der Waals surface area contributed by atoms with Crippen molar-refractivity contribution in [3.05, 3.63) is 0 Å². The molecule has 4 atom stereocenters. The Labute approximate surface area is 144 Å². The molecule has 0 bridgehead atoms. The predicted molar refractivity (Wildman–Crippen MR) is 98.2 cm³/mol. The normalized spacial score (nSPS) is 30.2. The highest BCUT2D eigenvalue weighted by molar-refractivity contribution is 5.76. The summed E-state index contributed by atoms with van der Waals surface area (Å²) in [5.74, 6) is 1.68. The van der Waals surface area contributed by atoms with Gasteiger partial charge in [-0.25, -0.2) is 0 Å². The zero-order chi connectivity index (χ0) is 18.2. The van der Waals surface area contributed by atoms with E-state index < -0.39 is 0 Å². The molecule has 0 aromatic rings. The largest absolute Gasteiger partial charge is 0.462 e. The van der Waals surface area contributed by atoms with E-state index in [4.69, 9.17) is 4.74 Å². The predicted octanol–water partition coefficient (Wildman–Crippen LogP) is 6.09. The van der Waals surface area contributed by atoms with Gasteiger partial charge in [-0.3, -0.25) is 4.79 Å². The summed E-state index contributed by atoms with van der Waals surface area (Å²) in [5.41, 5.74) is 0.0814. The Bertz CT molecular complexity index is 409. The molecule has 2 nitrogen and oxygen atoms in total. The van der Waals surface area contributed by atoms with E-state index in [1.165, 1.54) is 0 Å². The molecule has 1 aliphatic rings. The van der Waals surface area contributed by atoms with Crippen LogP contribution in [0.2, 0.25) is 0 Å². The lowest BCUT2D eigenvalue weighted by atomic mass is 9.58. The molecule has 0 aromatic carbocycles. The molecular formula is C21H40O2. The van der Waals surface area contributed by atoms with Crippen LogP contribution in [0.1, 0.15) is 88.5 Å². The highest BCUT2D eigenvalue weighted by atomic mass is 16.5. The summed E-state index contributed by atoms with van der Waals surface area (Å²) in [5, 5.41) is 0. The van der Waals surface area contributed by atoms with Crippen LogP contribution in [0.4, 0.5) is 0 Å². The first-order valence-electron chi connectivity index (χ1n) is 9.41. The average Bonchev–Trinajstić information content (AvgIpc) is 2.35. The number of carbonyl (C=O) groups is 1. The van der Waals surface area contributed by atoms with E-state index in [-0.39, 0.29) is 22.9 Å². The van der Waals surface area contributed by atoms with Crippen LogP contribution in [0.5, 0.6) is 0 Å². The molecule has 2 heteroatoms. The Morgan fingerprint density at radius 1 is 0.913 bits per heavy atom. The number of hydrogen-bond donors (Lipinski definition) is 0. The van der Waals surface area contributed by atoms with Gasteiger partial charge < -0.3 is 4.74 Å². The molecule has 4 unspecified atom stereocenters. The van der Waals surface area contributed by atoms with Crippen LogP contribution in [0.25, 0.3) is 0 Å². The fourth-order valence-electron chi connectivity index (χ4n) is 4.04. The van der Waals surface area contributed by atoms with Gasteiger partial charge >= 0.3 is 5.97 Å². The highest BCUT2D eigenvalue weighted by Crippen LogP contribution is 2.50. The van der Waals surface area contributed by atoms with Crippen molar-refractivity contribution >= 4 is 5.97 Å². The van der Waals surface area contributed by atoms with E-state index in [0.29, 0.717) is 23.2 Å². The van der Waals surface area contributed by atoms with Gasteiger partial charge in [0.25, 0.3) is 0 Å². The number of ether oxygens (including phenoxy) is 1. The van der Waals surface area contributed by atoms with Crippen molar-refractivity contribution < 1.29 is 9.53 Å². The number of rotatable bonds is 3. The van der Waals surface area contributed by atoms with Crippen LogP contribution in [0.3, 0.4) is 0 Å². The summed E-state index contributed by atoms with van der Waals surface area (Å²) >= 11 is 0. The topological polar surface area (TPSA) is 26.3 Å². The van der Waals surface area contributed by atoms with Crippen LogP contribution in [-0.2, 0) is 9.53 Å². The molecule has 0 aromatic heterocycles. The van der Waals surface area contributed by atoms with Crippen LogP contribution >= 0.6 is 0 Å². The molecule has 0 amide bonds. The Morgan fingerprint density at radius 3 is 1.78 bits per heavy atom. The van der Waals surface area contributed by atoms with Crippen molar-refractivity contribution in [1.29, 1.82) is 0 Å². The SMILES string of the molecule is CCC(C)(C)C(=O)OC1CC(C)C(C(C)(C)C)CC1C(C)(C)C. The zero-order valence-electron chi connectivity index (χ0n) is 17.2. The summed E-state index contributed by atoms with van der Waals surface area (Å²) in [7, 11) is 0. The third-order valence-electron chi connectivity index (χ3n) is 6.17. The van der Waals surface area contributed by atoms with E-state index in [2.05, 4.69) is 55.4 Å². The molecule has 0 heterocycles. The maximum absolute atomic E-state index is 12.6. The van der Waals surface area contributed by atoms with Crippen molar-refractivity contribution in [2.75, 3.05) is 0 Å². The number of hydrogen-bond acceptors (Lipinski definition) is 2.